The van der Waals surface area contributed by atoms with Gasteiger partial charge in [-0.25, -0.2) is 4.52 Å². The fourth-order valence-electron chi connectivity index (χ4n) is 3.60. The van der Waals surface area contributed by atoms with Gasteiger partial charge in [0.2, 0.25) is 0 Å². The van der Waals surface area contributed by atoms with Gasteiger partial charge in [-0.2, -0.15) is 4.73 Å². The van der Waals surface area contributed by atoms with Crippen LogP contribution < -0.4 is 4.73 Å². The van der Waals surface area contributed by atoms with Gasteiger partial charge in [0.05, 0.1) is 11.1 Å². The molecule has 0 unspecified atom stereocenters. The maximum atomic E-state index is 12.9. The lowest BCUT2D eigenvalue weighted by molar-refractivity contribution is -0.585. The molecule has 0 saturated heterocycles. The Labute approximate surface area is 142 Å². The molecule has 124 valence electrons. The number of aromatic nitrogens is 2. The van der Waals surface area contributed by atoms with Crippen molar-refractivity contribution >= 4 is 0 Å². The minimum atomic E-state index is 0.249. The van der Waals surface area contributed by atoms with Crippen molar-refractivity contribution in [3.05, 3.63) is 62.9 Å². The zero-order chi connectivity index (χ0) is 17.6. The van der Waals surface area contributed by atoms with E-state index in [4.69, 9.17) is 4.52 Å². The molecule has 0 spiro atoms. The van der Waals surface area contributed by atoms with Crippen LogP contribution in [0.5, 0.6) is 0 Å². The molecule has 0 aliphatic rings. The minimum absolute atomic E-state index is 0.249. The van der Waals surface area contributed by atoms with E-state index in [1.807, 2.05) is 53.7 Å². The van der Waals surface area contributed by atoms with E-state index in [-0.39, 0.29) is 5.89 Å². The molecule has 24 heavy (non-hydrogen) atoms. The predicted molar refractivity (Wildman–Crippen MR) is 94.8 cm³/mol. The summed E-state index contributed by atoms with van der Waals surface area (Å²) in [6.07, 6.45) is 0. The van der Waals surface area contributed by atoms with E-state index in [1.165, 1.54) is 5.56 Å². The smallest absolute Gasteiger partial charge is 0.384 e. The molecule has 0 amide bonds. The molecular weight excluding hydrogens is 300 g/mol. The number of hydrogen-bond donors (Lipinski definition) is 0. The average molecular weight is 322 g/mol. The van der Waals surface area contributed by atoms with Gasteiger partial charge in [-0.15, -0.1) is 0 Å². The van der Waals surface area contributed by atoms with Gasteiger partial charge in [0.25, 0.3) is 0 Å². The average Bonchev–Trinajstić information content (AvgIpc) is 2.79. The molecule has 4 nitrogen and oxygen atoms in total. The lowest BCUT2D eigenvalue weighted by Gasteiger charge is -2.10. The highest BCUT2D eigenvalue weighted by molar-refractivity contribution is 5.66. The van der Waals surface area contributed by atoms with E-state index in [0.29, 0.717) is 5.82 Å². The van der Waals surface area contributed by atoms with Gasteiger partial charge in [-0.1, -0.05) is 35.4 Å². The zero-order valence-corrected chi connectivity index (χ0v) is 15.0. The van der Waals surface area contributed by atoms with Crippen molar-refractivity contribution in [2.45, 2.75) is 41.5 Å². The predicted octanol–water partition coefficient (Wildman–Crippen LogP) is 4.49. The Bertz CT molecular complexity index is 818. The van der Waals surface area contributed by atoms with Crippen molar-refractivity contribution in [2.24, 2.45) is 0 Å². The second kappa shape index (κ2) is 5.78. The third kappa shape index (κ3) is 2.58. The Balaban J connectivity index is 2.22. The molecular formula is C20H22N2O2. The van der Waals surface area contributed by atoms with E-state index in [1.54, 1.807) is 0 Å². The van der Waals surface area contributed by atoms with Crippen molar-refractivity contribution < 1.29 is 9.25 Å². The van der Waals surface area contributed by atoms with Crippen molar-refractivity contribution in [1.29, 1.82) is 0 Å². The highest BCUT2D eigenvalue weighted by atomic mass is 16.5. The summed E-state index contributed by atoms with van der Waals surface area (Å²) in [7, 11) is 0. The molecule has 0 radical (unpaired) electrons. The molecule has 0 bridgehead atoms. The van der Waals surface area contributed by atoms with E-state index >= 15 is 0 Å². The summed E-state index contributed by atoms with van der Waals surface area (Å²) in [5, 5.41) is 17.0. The molecule has 1 heterocycles. The van der Waals surface area contributed by atoms with Gasteiger partial charge in [-0.05, 0) is 63.8 Å². The summed E-state index contributed by atoms with van der Waals surface area (Å²) >= 11 is 0. The third-order valence-electron chi connectivity index (χ3n) is 4.39. The number of aryl methyl sites for hydroxylation is 6. The second-order valence-electron chi connectivity index (χ2n) is 6.65. The summed E-state index contributed by atoms with van der Waals surface area (Å²) in [5.41, 5.74) is 8.05. The normalized spacial score (nSPS) is 11.1. The summed E-state index contributed by atoms with van der Waals surface area (Å²) in [6.45, 7) is 12.0. The SMILES string of the molecule is Cc1cc(C)c(-c2noc(-c3c(C)cc(C)cc3C)[n+]2[O-])c(C)c1. The molecule has 4 heteroatoms. The number of nitrogens with zero attached hydrogens (tertiary/aromatic N) is 2. The molecule has 0 aliphatic heterocycles. The molecule has 3 aromatic rings. The minimum Gasteiger partial charge on any atom is -0.708 e. The van der Waals surface area contributed by atoms with Crippen LogP contribution in [0.3, 0.4) is 0 Å². The molecule has 0 saturated carbocycles. The summed E-state index contributed by atoms with van der Waals surface area (Å²) < 4.78 is 6.29. The lowest BCUT2D eigenvalue weighted by atomic mass is 9.98. The Morgan fingerprint density at radius 2 is 1.17 bits per heavy atom. The first-order valence-electron chi connectivity index (χ1n) is 8.05. The van der Waals surface area contributed by atoms with E-state index in [2.05, 4.69) is 17.3 Å². The van der Waals surface area contributed by atoms with Crippen molar-refractivity contribution in [3.63, 3.8) is 0 Å². The third-order valence-corrected chi connectivity index (χ3v) is 4.39. The van der Waals surface area contributed by atoms with E-state index in [0.717, 1.165) is 43.7 Å². The summed E-state index contributed by atoms with van der Waals surface area (Å²) in [5.74, 6) is 0.568. The van der Waals surface area contributed by atoms with Crippen LogP contribution >= 0.6 is 0 Å². The summed E-state index contributed by atoms with van der Waals surface area (Å²) in [4.78, 5) is 0. The summed E-state index contributed by atoms with van der Waals surface area (Å²) in [6, 6.07) is 8.21. The van der Waals surface area contributed by atoms with Crippen LogP contribution in [-0.2, 0) is 0 Å². The zero-order valence-electron chi connectivity index (χ0n) is 15.0. The second-order valence-corrected chi connectivity index (χ2v) is 6.65. The lowest BCUT2D eigenvalue weighted by Crippen LogP contribution is -2.30. The van der Waals surface area contributed by atoms with Gasteiger partial charge in [-0.3, -0.25) is 0 Å². The highest BCUT2D eigenvalue weighted by Gasteiger charge is 2.27. The maximum absolute atomic E-state index is 12.9. The van der Waals surface area contributed by atoms with Crippen LogP contribution in [-0.4, -0.2) is 5.16 Å². The first-order valence-corrected chi connectivity index (χ1v) is 8.05. The molecule has 3 rings (SSSR count). The Morgan fingerprint density at radius 1 is 0.750 bits per heavy atom. The maximum Gasteiger partial charge on any atom is 0.384 e. The Hall–Kier alpha value is -2.62. The molecule has 2 aromatic carbocycles. The van der Waals surface area contributed by atoms with Gasteiger partial charge < -0.3 is 5.21 Å². The van der Waals surface area contributed by atoms with Crippen LogP contribution in [0.15, 0.2) is 28.8 Å². The van der Waals surface area contributed by atoms with Crippen LogP contribution in [0, 0.1) is 46.7 Å². The van der Waals surface area contributed by atoms with Crippen molar-refractivity contribution in [1.82, 2.24) is 5.16 Å². The first-order chi connectivity index (χ1) is 11.3. The Morgan fingerprint density at radius 3 is 1.62 bits per heavy atom. The standard InChI is InChI=1S/C20H22N2O2/c1-11-7-13(3)17(14(4)8-11)19-21-24-20(22(19)23)18-15(5)9-12(2)10-16(18)6/h7-10H,1-6H3. The molecule has 0 fully saturated rings. The van der Waals surface area contributed by atoms with Gasteiger partial charge in [0, 0.05) is 0 Å². The van der Waals surface area contributed by atoms with Crippen LogP contribution in [0.25, 0.3) is 22.8 Å². The first kappa shape index (κ1) is 16.2. The topological polar surface area (TPSA) is 53.0 Å². The van der Waals surface area contributed by atoms with Crippen LogP contribution in [0.1, 0.15) is 33.4 Å². The fraction of sp³-hybridized carbons (Fsp3) is 0.300. The molecule has 0 N–H and O–H groups in total. The van der Waals surface area contributed by atoms with Gasteiger partial charge in [0.15, 0.2) is 5.16 Å². The largest absolute Gasteiger partial charge is 0.708 e. The monoisotopic (exact) mass is 322 g/mol. The number of benzene rings is 2. The number of rotatable bonds is 2. The van der Waals surface area contributed by atoms with Crippen molar-refractivity contribution in [3.8, 4) is 22.8 Å². The van der Waals surface area contributed by atoms with Gasteiger partial charge in [0.1, 0.15) is 0 Å². The van der Waals surface area contributed by atoms with E-state index in [9.17, 15) is 5.21 Å². The Kier molecular flexibility index (Phi) is 3.91. The fourth-order valence-corrected chi connectivity index (χ4v) is 3.60. The highest BCUT2D eigenvalue weighted by Crippen LogP contribution is 2.30. The quantitative estimate of drug-likeness (QED) is 0.516. The molecule has 0 aliphatic carbocycles. The van der Waals surface area contributed by atoms with Crippen LogP contribution in [0.4, 0.5) is 0 Å². The molecule has 0 atom stereocenters. The van der Waals surface area contributed by atoms with Crippen molar-refractivity contribution in [2.75, 3.05) is 0 Å². The van der Waals surface area contributed by atoms with Gasteiger partial charge >= 0.3 is 11.7 Å². The van der Waals surface area contributed by atoms with E-state index < -0.39 is 0 Å². The molecule has 1 aromatic heterocycles. The number of hydrogen-bond acceptors (Lipinski definition) is 3. The van der Waals surface area contributed by atoms with Crippen LogP contribution in [0.2, 0.25) is 0 Å².